The zero-order chi connectivity index (χ0) is 29.5. The molecule has 8 nitrogen and oxygen atoms in total. The molecule has 0 fully saturated rings. The van der Waals surface area contributed by atoms with Gasteiger partial charge in [-0.25, -0.2) is 8.42 Å². The Kier molecular flexibility index (Phi) is 8.59. The molecule has 1 aliphatic rings. The number of carbonyl (C=O) groups excluding carboxylic acids is 3. The Morgan fingerprint density at radius 2 is 1.36 bits per heavy atom. The van der Waals surface area contributed by atoms with Gasteiger partial charge in [-0.3, -0.25) is 14.4 Å². The van der Waals surface area contributed by atoms with Gasteiger partial charge in [0.05, 0.1) is 11.3 Å². The van der Waals surface area contributed by atoms with Gasteiger partial charge in [-0.05, 0) is 53.5 Å². The SMILES string of the molecule is O=C(Cc1ccccc1)Oc1ccccc1-c1ccc(C(=O)NCCCNC(=O)C2=Cc3ccccc3S2(=O)=O)cc1.[HH].[HH]. The van der Waals surface area contributed by atoms with Crippen LogP contribution in [-0.2, 0) is 25.8 Å². The first-order chi connectivity index (χ1) is 20.3. The van der Waals surface area contributed by atoms with Crippen molar-refractivity contribution in [3.8, 4) is 16.9 Å². The van der Waals surface area contributed by atoms with Gasteiger partial charge in [0.1, 0.15) is 10.7 Å². The fourth-order valence-electron chi connectivity index (χ4n) is 4.57. The Morgan fingerprint density at radius 3 is 2.10 bits per heavy atom. The molecule has 1 aliphatic heterocycles. The summed E-state index contributed by atoms with van der Waals surface area (Å²) in [4.78, 5) is 37.5. The lowest BCUT2D eigenvalue weighted by Crippen LogP contribution is -2.31. The highest BCUT2D eigenvalue weighted by Gasteiger charge is 2.33. The average Bonchev–Trinajstić information content (AvgIpc) is 3.28. The molecule has 5 rings (SSSR count). The second-order valence-corrected chi connectivity index (χ2v) is 11.5. The number of rotatable bonds is 10. The van der Waals surface area contributed by atoms with Gasteiger partial charge in [-0.1, -0.05) is 78.9 Å². The lowest BCUT2D eigenvalue weighted by Gasteiger charge is -2.11. The summed E-state index contributed by atoms with van der Waals surface area (Å²) in [5, 5.41) is 5.41. The molecule has 0 atom stereocenters. The monoisotopic (exact) mass is 584 g/mol. The molecule has 0 unspecified atom stereocenters. The number of amides is 2. The zero-order valence-electron chi connectivity index (χ0n) is 22.6. The number of ether oxygens (including phenoxy) is 1. The van der Waals surface area contributed by atoms with E-state index in [2.05, 4.69) is 10.6 Å². The van der Waals surface area contributed by atoms with E-state index in [0.717, 1.165) is 16.7 Å². The van der Waals surface area contributed by atoms with E-state index in [1.807, 2.05) is 42.5 Å². The summed E-state index contributed by atoms with van der Waals surface area (Å²) in [6, 6.07) is 30.0. The highest BCUT2D eigenvalue weighted by atomic mass is 32.2. The highest BCUT2D eigenvalue weighted by Crippen LogP contribution is 2.32. The molecule has 2 amide bonds. The standard InChI is InChI=1S/C33H28N2O6S.2H2/c36-31(21-23-9-2-1-3-10-23)41-28-13-6-5-12-27(28)24-15-17-25(18-16-24)32(37)34-19-8-20-35-33(38)30-22-26-11-4-7-14-29(26)42(30,39)40;;/h1-7,9-18,22H,8,19-21H2,(H,34,37)(H,35,38);2*1H. The van der Waals surface area contributed by atoms with Gasteiger partial charge in [-0.15, -0.1) is 0 Å². The molecule has 4 aromatic carbocycles. The number of fused-ring (bicyclic) bond motifs is 1. The van der Waals surface area contributed by atoms with Gasteiger partial charge in [0.2, 0.25) is 9.84 Å². The number of hydrogen-bond donors (Lipinski definition) is 2. The van der Waals surface area contributed by atoms with Crippen molar-refractivity contribution in [2.75, 3.05) is 13.1 Å². The maximum absolute atomic E-state index is 12.6. The first-order valence-corrected chi connectivity index (χ1v) is 14.9. The van der Waals surface area contributed by atoms with Crippen molar-refractivity contribution in [2.24, 2.45) is 0 Å². The highest BCUT2D eigenvalue weighted by molar-refractivity contribution is 7.96. The molecule has 0 aliphatic carbocycles. The summed E-state index contributed by atoms with van der Waals surface area (Å²) in [6.45, 7) is 0.480. The first kappa shape index (κ1) is 28.5. The van der Waals surface area contributed by atoms with E-state index in [-0.39, 0.29) is 44.0 Å². The second kappa shape index (κ2) is 12.7. The minimum absolute atomic E-state index is 0. The van der Waals surface area contributed by atoms with Crippen molar-refractivity contribution in [2.45, 2.75) is 17.7 Å². The Labute approximate surface area is 246 Å². The van der Waals surface area contributed by atoms with E-state index < -0.39 is 15.7 Å². The normalized spacial score (nSPS) is 13.0. The zero-order valence-corrected chi connectivity index (χ0v) is 23.4. The van der Waals surface area contributed by atoms with Crippen LogP contribution in [0, 0.1) is 0 Å². The van der Waals surface area contributed by atoms with Crippen molar-refractivity contribution in [1.29, 1.82) is 0 Å². The smallest absolute Gasteiger partial charge is 0.315 e. The molecule has 0 spiro atoms. The molecule has 2 N–H and O–H groups in total. The van der Waals surface area contributed by atoms with Crippen LogP contribution in [0.2, 0.25) is 0 Å². The molecule has 42 heavy (non-hydrogen) atoms. The average molecular weight is 585 g/mol. The molecule has 9 heteroatoms. The fraction of sp³-hybridized carbons (Fsp3) is 0.121. The topological polar surface area (TPSA) is 119 Å². The number of esters is 1. The molecule has 0 aromatic heterocycles. The van der Waals surface area contributed by atoms with Crippen LogP contribution in [0.1, 0.15) is 30.8 Å². The molecular weight excluding hydrogens is 552 g/mol. The van der Waals surface area contributed by atoms with Crippen molar-refractivity contribution in [3.05, 3.63) is 125 Å². The number of hydrogen-bond acceptors (Lipinski definition) is 6. The molecular formula is C33H32N2O6S. The summed E-state index contributed by atoms with van der Waals surface area (Å²) in [5.41, 5.74) is 3.32. The van der Waals surface area contributed by atoms with Gasteiger partial charge in [-0.2, -0.15) is 0 Å². The molecule has 0 bridgehead atoms. The summed E-state index contributed by atoms with van der Waals surface area (Å²) in [7, 11) is -3.83. The van der Waals surface area contributed by atoms with Crippen LogP contribution >= 0.6 is 0 Å². The first-order valence-electron chi connectivity index (χ1n) is 13.4. The van der Waals surface area contributed by atoms with Gasteiger partial charge in [0, 0.05) is 27.1 Å². The van der Waals surface area contributed by atoms with Crippen LogP contribution in [0.4, 0.5) is 0 Å². The van der Waals surface area contributed by atoms with Gasteiger partial charge in [0.15, 0.2) is 0 Å². The van der Waals surface area contributed by atoms with E-state index in [0.29, 0.717) is 23.3 Å². The van der Waals surface area contributed by atoms with Gasteiger partial charge in [0.25, 0.3) is 11.8 Å². The summed E-state index contributed by atoms with van der Waals surface area (Å²) >= 11 is 0. The maximum Gasteiger partial charge on any atom is 0.315 e. The fourth-order valence-corrected chi connectivity index (χ4v) is 6.10. The number of carbonyl (C=O) groups is 3. The Bertz CT molecular complexity index is 1780. The lowest BCUT2D eigenvalue weighted by molar-refractivity contribution is -0.133. The van der Waals surface area contributed by atoms with Crippen LogP contribution < -0.4 is 15.4 Å². The van der Waals surface area contributed by atoms with E-state index in [1.54, 1.807) is 54.6 Å². The predicted molar refractivity (Wildman–Crippen MR) is 163 cm³/mol. The minimum Gasteiger partial charge on any atom is -0.426 e. The van der Waals surface area contributed by atoms with Gasteiger partial charge >= 0.3 is 5.97 Å². The lowest BCUT2D eigenvalue weighted by atomic mass is 10.0. The third-order valence-electron chi connectivity index (χ3n) is 6.69. The van der Waals surface area contributed by atoms with Crippen molar-refractivity contribution >= 4 is 33.7 Å². The predicted octanol–water partition coefficient (Wildman–Crippen LogP) is 5.06. The van der Waals surface area contributed by atoms with E-state index in [9.17, 15) is 22.8 Å². The minimum atomic E-state index is -3.83. The van der Waals surface area contributed by atoms with Crippen LogP contribution in [0.3, 0.4) is 0 Å². The summed E-state index contributed by atoms with van der Waals surface area (Å²) in [5.74, 6) is -0.888. The third kappa shape index (κ3) is 6.47. The van der Waals surface area contributed by atoms with E-state index >= 15 is 0 Å². The number of nitrogens with one attached hydrogen (secondary N) is 2. The van der Waals surface area contributed by atoms with E-state index in [4.69, 9.17) is 4.74 Å². The number of para-hydroxylation sites is 1. The molecule has 0 saturated heterocycles. The summed E-state index contributed by atoms with van der Waals surface area (Å²) < 4.78 is 30.9. The van der Waals surface area contributed by atoms with Crippen molar-refractivity contribution in [1.82, 2.24) is 10.6 Å². The Morgan fingerprint density at radius 1 is 0.714 bits per heavy atom. The van der Waals surface area contributed by atoms with Crippen LogP contribution in [0.25, 0.3) is 17.2 Å². The second-order valence-electron chi connectivity index (χ2n) is 9.63. The largest absolute Gasteiger partial charge is 0.426 e. The number of benzene rings is 4. The Hall–Kier alpha value is -5.02. The Balaban J connectivity index is 0.00000264. The molecule has 4 aromatic rings. The van der Waals surface area contributed by atoms with Crippen LogP contribution in [0.15, 0.2) is 113 Å². The molecule has 0 saturated carbocycles. The van der Waals surface area contributed by atoms with Crippen LogP contribution in [-0.4, -0.2) is 39.3 Å². The third-order valence-corrected chi connectivity index (χ3v) is 8.53. The van der Waals surface area contributed by atoms with E-state index in [1.165, 1.54) is 12.1 Å². The molecule has 1 heterocycles. The quantitative estimate of drug-likeness (QED) is 0.153. The summed E-state index contributed by atoms with van der Waals surface area (Å²) in [6.07, 6.45) is 1.94. The van der Waals surface area contributed by atoms with Crippen molar-refractivity contribution in [3.63, 3.8) is 0 Å². The number of sulfone groups is 1. The molecule has 216 valence electrons. The molecule has 0 radical (unpaired) electrons. The van der Waals surface area contributed by atoms with Gasteiger partial charge < -0.3 is 15.4 Å². The van der Waals surface area contributed by atoms with Crippen LogP contribution in [0.5, 0.6) is 5.75 Å². The maximum atomic E-state index is 12.6. The van der Waals surface area contributed by atoms with Crippen molar-refractivity contribution < 1.29 is 30.4 Å².